The molecule has 6 heteroatoms. The summed E-state index contributed by atoms with van der Waals surface area (Å²) in [5.74, 6) is 1.27. The first-order valence-corrected chi connectivity index (χ1v) is 6.60. The first kappa shape index (κ1) is 14.5. The van der Waals surface area contributed by atoms with Crippen LogP contribution >= 0.6 is 11.6 Å². The third-order valence-corrected chi connectivity index (χ3v) is 3.44. The minimum absolute atomic E-state index is 0.0716. The Morgan fingerprint density at radius 3 is 2.50 bits per heavy atom. The van der Waals surface area contributed by atoms with Crippen molar-refractivity contribution in [3.63, 3.8) is 0 Å². The number of halogens is 1. The minimum atomic E-state index is 0.0716. The average molecular weight is 296 g/mol. The van der Waals surface area contributed by atoms with Crippen LogP contribution in [0.5, 0.6) is 11.5 Å². The Bertz CT molecular complexity index is 598. The maximum absolute atomic E-state index is 6.09. The summed E-state index contributed by atoms with van der Waals surface area (Å²) in [5, 5.41) is 8.07. The number of aromatic nitrogens is 2. The zero-order valence-electron chi connectivity index (χ0n) is 12.0. The molecule has 2 aromatic rings. The maximum Gasteiger partial charge on any atom is 0.143 e. The van der Waals surface area contributed by atoms with Gasteiger partial charge < -0.3 is 14.8 Å². The number of nitrogens with zero attached hydrogens (tertiary/aromatic N) is 2. The fraction of sp³-hybridized carbons (Fsp3) is 0.357. The highest BCUT2D eigenvalue weighted by Gasteiger charge is 2.14. The number of anilines is 1. The summed E-state index contributed by atoms with van der Waals surface area (Å²) in [5.41, 5.74) is 1.89. The molecule has 0 aliphatic carbocycles. The van der Waals surface area contributed by atoms with Crippen LogP contribution < -0.4 is 14.8 Å². The smallest absolute Gasteiger partial charge is 0.143 e. The van der Waals surface area contributed by atoms with Crippen molar-refractivity contribution in [2.45, 2.75) is 13.0 Å². The van der Waals surface area contributed by atoms with Gasteiger partial charge in [-0.3, -0.25) is 4.68 Å². The fourth-order valence-electron chi connectivity index (χ4n) is 2.09. The minimum Gasteiger partial charge on any atom is -0.495 e. The van der Waals surface area contributed by atoms with E-state index in [1.165, 1.54) is 0 Å². The van der Waals surface area contributed by atoms with Crippen LogP contribution in [0.25, 0.3) is 0 Å². The van der Waals surface area contributed by atoms with Gasteiger partial charge in [-0.25, -0.2) is 0 Å². The van der Waals surface area contributed by atoms with Crippen molar-refractivity contribution < 1.29 is 9.47 Å². The van der Waals surface area contributed by atoms with Crippen LogP contribution in [0.1, 0.15) is 18.7 Å². The molecule has 0 saturated heterocycles. The molecule has 1 heterocycles. The fourth-order valence-corrected chi connectivity index (χ4v) is 2.32. The number of hydrogen-bond acceptors (Lipinski definition) is 4. The van der Waals surface area contributed by atoms with E-state index in [1.807, 2.05) is 23.9 Å². The van der Waals surface area contributed by atoms with E-state index >= 15 is 0 Å². The Labute approximate surface area is 123 Å². The van der Waals surface area contributed by atoms with Crippen LogP contribution in [-0.4, -0.2) is 24.0 Å². The summed E-state index contributed by atoms with van der Waals surface area (Å²) in [6, 6.07) is 5.60. The number of aryl methyl sites for hydroxylation is 1. The molecule has 108 valence electrons. The Kier molecular flexibility index (Phi) is 4.39. The molecular formula is C14H18ClN3O2. The zero-order chi connectivity index (χ0) is 14.7. The Balaban J connectivity index is 2.30. The van der Waals surface area contributed by atoms with E-state index in [4.69, 9.17) is 21.1 Å². The van der Waals surface area contributed by atoms with E-state index in [2.05, 4.69) is 17.3 Å². The summed E-state index contributed by atoms with van der Waals surface area (Å²) in [6.07, 6.45) is 1.77. The summed E-state index contributed by atoms with van der Waals surface area (Å²) >= 11 is 6.09. The summed E-state index contributed by atoms with van der Waals surface area (Å²) < 4.78 is 12.4. The van der Waals surface area contributed by atoms with Gasteiger partial charge in [0, 0.05) is 25.4 Å². The first-order chi connectivity index (χ1) is 9.56. The number of hydrogen-bond donors (Lipinski definition) is 1. The summed E-state index contributed by atoms with van der Waals surface area (Å²) in [4.78, 5) is 0. The highest BCUT2D eigenvalue weighted by molar-refractivity contribution is 6.32. The van der Waals surface area contributed by atoms with Crippen molar-refractivity contribution >= 4 is 17.3 Å². The molecule has 1 aromatic carbocycles. The molecule has 0 fully saturated rings. The van der Waals surface area contributed by atoms with Gasteiger partial charge in [-0.1, -0.05) is 11.6 Å². The van der Waals surface area contributed by atoms with Gasteiger partial charge in [0.25, 0.3) is 0 Å². The van der Waals surface area contributed by atoms with Crippen molar-refractivity contribution in [3.8, 4) is 11.5 Å². The molecule has 0 amide bonds. The maximum atomic E-state index is 6.09. The molecule has 0 bridgehead atoms. The molecule has 0 aliphatic heterocycles. The highest BCUT2D eigenvalue weighted by atomic mass is 35.5. The molecule has 1 N–H and O–H groups in total. The van der Waals surface area contributed by atoms with Crippen molar-refractivity contribution in [2.24, 2.45) is 7.05 Å². The van der Waals surface area contributed by atoms with Crippen molar-refractivity contribution in [1.29, 1.82) is 0 Å². The highest BCUT2D eigenvalue weighted by Crippen LogP contribution is 2.37. The van der Waals surface area contributed by atoms with Gasteiger partial charge in [-0.2, -0.15) is 5.10 Å². The van der Waals surface area contributed by atoms with Crippen molar-refractivity contribution in [2.75, 3.05) is 19.5 Å². The standard InChI is InChI=1S/C14H18ClN3O2/c1-9(12-5-6-16-18(12)2)17-11-8-13(19-3)10(15)7-14(11)20-4/h5-9,17H,1-4H3. The van der Waals surface area contributed by atoms with E-state index in [1.54, 1.807) is 26.5 Å². The van der Waals surface area contributed by atoms with E-state index in [-0.39, 0.29) is 6.04 Å². The second kappa shape index (κ2) is 6.05. The normalized spacial score (nSPS) is 12.1. The monoisotopic (exact) mass is 295 g/mol. The second-order valence-electron chi connectivity index (χ2n) is 4.43. The average Bonchev–Trinajstić information content (AvgIpc) is 2.86. The predicted molar refractivity (Wildman–Crippen MR) is 79.8 cm³/mol. The van der Waals surface area contributed by atoms with Crippen LogP contribution in [0.3, 0.4) is 0 Å². The van der Waals surface area contributed by atoms with Crippen LogP contribution in [0.4, 0.5) is 5.69 Å². The van der Waals surface area contributed by atoms with Crippen LogP contribution in [0.15, 0.2) is 24.4 Å². The van der Waals surface area contributed by atoms with Gasteiger partial charge in [-0.05, 0) is 13.0 Å². The van der Waals surface area contributed by atoms with Gasteiger partial charge in [0.2, 0.25) is 0 Å². The van der Waals surface area contributed by atoms with E-state index in [0.29, 0.717) is 16.5 Å². The molecule has 0 radical (unpaired) electrons. The Hall–Kier alpha value is -1.88. The SMILES string of the molecule is COc1cc(NC(C)c2ccnn2C)c(OC)cc1Cl. The lowest BCUT2D eigenvalue weighted by Gasteiger charge is -2.19. The largest absolute Gasteiger partial charge is 0.495 e. The molecule has 1 aromatic heterocycles. The lowest BCUT2D eigenvalue weighted by Crippen LogP contribution is -2.12. The number of methoxy groups -OCH3 is 2. The molecule has 0 aliphatic rings. The number of benzene rings is 1. The van der Waals surface area contributed by atoms with Crippen LogP contribution in [0.2, 0.25) is 5.02 Å². The predicted octanol–water partition coefficient (Wildman–Crippen LogP) is 3.26. The summed E-state index contributed by atoms with van der Waals surface area (Å²) in [6.45, 7) is 2.05. The van der Waals surface area contributed by atoms with Gasteiger partial charge in [0.1, 0.15) is 11.5 Å². The van der Waals surface area contributed by atoms with E-state index < -0.39 is 0 Å². The Morgan fingerprint density at radius 1 is 1.25 bits per heavy atom. The van der Waals surface area contributed by atoms with Gasteiger partial charge in [-0.15, -0.1) is 0 Å². The van der Waals surface area contributed by atoms with Gasteiger partial charge >= 0.3 is 0 Å². The number of ether oxygens (including phenoxy) is 2. The van der Waals surface area contributed by atoms with Gasteiger partial charge in [0.15, 0.2) is 0 Å². The number of nitrogens with one attached hydrogen (secondary N) is 1. The first-order valence-electron chi connectivity index (χ1n) is 6.22. The Morgan fingerprint density at radius 2 is 1.95 bits per heavy atom. The quantitative estimate of drug-likeness (QED) is 0.920. The topological polar surface area (TPSA) is 48.3 Å². The van der Waals surface area contributed by atoms with Crippen LogP contribution in [0, 0.1) is 0 Å². The third-order valence-electron chi connectivity index (χ3n) is 3.15. The lowest BCUT2D eigenvalue weighted by atomic mass is 10.2. The summed E-state index contributed by atoms with van der Waals surface area (Å²) in [7, 11) is 5.10. The molecule has 2 rings (SSSR count). The second-order valence-corrected chi connectivity index (χ2v) is 4.84. The molecule has 0 saturated carbocycles. The van der Waals surface area contributed by atoms with Crippen LogP contribution in [-0.2, 0) is 7.05 Å². The molecule has 0 spiro atoms. The molecule has 5 nitrogen and oxygen atoms in total. The zero-order valence-corrected chi connectivity index (χ0v) is 12.7. The number of rotatable bonds is 5. The molecule has 1 atom stereocenters. The van der Waals surface area contributed by atoms with Crippen molar-refractivity contribution in [1.82, 2.24) is 9.78 Å². The van der Waals surface area contributed by atoms with E-state index in [9.17, 15) is 0 Å². The van der Waals surface area contributed by atoms with Gasteiger partial charge in [0.05, 0.1) is 36.7 Å². The molecular weight excluding hydrogens is 278 g/mol. The lowest BCUT2D eigenvalue weighted by molar-refractivity contribution is 0.404. The molecule has 1 unspecified atom stereocenters. The molecule has 20 heavy (non-hydrogen) atoms. The van der Waals surface area contributed by atoms with Crippen molar-refractivity contribution in [3.05, 3.63) is 35.1 Å². The third kappa shape index (κ3) is 2.82. The van der Waals surface area contributed by atoms with E-state index in [0.717, 1.165) is 11.4 Å².